The Balaban J connectivity index is 3.06. The Hall–Kier alpha value is -0.930. The standard InChI is InChI=1S/C8H7Cl2NO2/c1-4(12)11-5-2-6(9)8(13)7(10)3-5/h2-3,13H,1H3,(H,11,12). The van der Waals surface area contributed by atoms with E-state index in [1.807, 2.05) is 0 Å². The Bertz CT molecular complexity index is 329. The first kappa shape index (κ1) is 10.2. The molecule has 0 saturated heterocycles. The molecule has 1 rings (SSSR count). The van der Waals surface area contributed by atoms with Gasteiger partial charge >= 0.3 is 0 Å². The molecule has 0 spiro atoms. The van der Waals surface area contributed by atoms with Crippen LogP contribution in [0.1, 0.15) is 6.92 Å². The van der Waals surface area contributed by atoms with Crippen molar-refractivity contribution in [3.05, 3.63) is 22.2 Å². The van der Waals surface area contributed by atoms with E-state index in [2.05, 4.69) is 5.32 Å². The van der Waals surface area contributed by atoms with Crippen LogP contribution < -0.4 is 5.32 Å². The van der Waals surface area contributed by atoms with Crippen molar-refractivity contribution in [2.24, 2.45) is 0 Å². The number of amides is 1. The average molecular weight is 220 g/mol. The van der Waals surface area contributed by atoms with Crippen LogP contribution >= 0.6 is 23.2 Å². The zero-order valence-corrected chi connectivity index (χ0v) is 8.28. The number of hydrogen-bond acceptors (Lipinski definition) is 2. The lowest BCUT2D eigenvalue weighted by atomic mass is 10.3. The van der Waals surface area contributed by atoms with Gasteiger partial charge in [-0.2, -0.15) is 0 Å². The highest BCUT2D eigenvalue weighted by molar-refractivity contribution is 6.37. The molecule has 0 atom stereocenters. The van der Waals surface area contributed by atoms with E-state index in [9.17, 15) is 9.90 Å². The van der Waals surface area contributed by atoms with Crippen molar-refractivity contribution in [3.8, 4) is 5.75 Å². The van der Waals surface area contributed by atoms with Crippen molar-refractivity contribution in [1.29, 1.82) is 0 Å². The maximum atomic E-state index is 10.7. The lowest BCUT2D eigenvalue weighted by Crippen LogP contribution is -2.05. The second-order valence-corrected chi connectivity index (χ2v) is 3.28. The first-order valence-corrected chi connectivity index (χ1v) is 4.22. The minimum Gasteiger partial charge on any atom is -0.505 e. The molecule has 0 aliphatic carbocycles. The average Bonchev–Trinajstić information content (AvgIpc) is 1.98. The van der Waals surface area contributed by atoms with Gasteiger partial charge in [-0.1, -0.05) is 23.2 Å². The number of nitrogens with one attached hydrogen (secondary N) is 1. The number of hydrogen-bond donors (Lipinski definition) is 2. The molecule has 1 amide bonds. The van der Waals surface area contributed by atoms with Gasteiger partial charge in [0.05, 0.1) is 10.0 Å². The molecule has 0 aromatic heterocycles. The van der Waals surface area contributed by atoms with Crippen LogP contribution in [0.15, 0.2) is 12.1 Å². The van der Waals surface area contributed by atoms with E-state index in [1.54, 1.807) is 0 Å². The number of phenolic OH excluding ortho intramolecular Hbond substituents is 1. The first-order chi connectivity index (χ1) is 6.00. The highest BCUT2D eigenvalue weighted by atomic mass is 35.5. The Morgan fingerprint density at radius 1 is 1.38 bits per heavy atom. The minimum absolute atomic E-state index is 0.108. The number of rotatable bonds is 1. The molecule has 0 unspecified atom stereocenters. The van der Waals surface area contributed by atoms with E-state index in [1.165, 1.54) is 19.1 Å². The van der Waals surface area contributed by atoms with Crippen LogP contribution in [0.5, 0.6) is 5.75 Å². The van der Waals surface area contributed by atoms with Crippen molar-refractivity contribution in [3.63, 3.8) is 0 Å². The predicted octanol–water partition coefficient (Wildman–Crippen LogP) is 2.66. The summed E-state index contributed by atoms with van der Waals surface area (Å²) in [7, 11) is 0. The highest BCUT2D eigenvalue weighted by Crippen LogP contribution is 2.34. The zero-order valence-electron chi connectivity index (χ0n) is 6.77. The molecule has 0 saturated carbocycles. The van der Waals surface area contributed by atoms with Crippen molar-refractivity contribution >= 4 is 34.8 Å². The molecule has 0 fully saturated rings. The van der Waals surface area contributed by atoms with E-state index in [0.29, 0.717) is 5.69 Å². The van der Waals surface area contributed by atoms with Crippen molar-refractivity contribution in [1.82, 2.24) is 0 Å². The van der Waals surface area contributed by atoms with Crippen LogP contribution in [0.25, 0.3) is 0 Å². The summed E-state index contributed by atoms with van der Waals surface area (Å²) in [6.45, 7) is 1.37. The van der Waals surface area contributed by atoms with Gasteiger partial charge in [-0.25, -0.2) is 0 Å². The third kappa shape index (κ3) is 2.50. The Kier molecular flexibility index (Phi) is 3.01. The number of benzene rings is 1. The number of anilines is 1. The highest BCUT2D eigenvalue weighted by Gasteiger charge is 2.06. The van der Waals surface area contributed by atoms with Gasteiger partial charge in [-0.15, -0.1) is 0 Å². The maximum Gasteiger partial charge on any atom is 0.221 e. The smallest absolute Gasteiger partial charge is 0.221 e. The van der Waals surface area contributed by atoms with Gasteiger partial charge in [-0.05, 0) is 12.1 Å². The SMILES string of the molecule is CC(=O)Nc1cc(Cl)c(O)c(Cl)c1. The molecule has 1 aromatic rings. The predicted molar refractivity (Wildman–Crippen MR) is 52.4 cm³/mol. The van der Waals surface area contributed by atoms with Crippen molar-refractivity contribution in [2.75, 3.05) is 5.32 Å². The molecule has 1 aromatic carbocycles. The van der Waals surface area contributed by atoms with Crippen molar-refractivity contribution in [2.45, 2.75) is 6.92 Å². The van der Waals surface area contributed by atoms with Crippen LogP contribution in [0.2, 0.25) is 10.0 Å². The molecule has 3 nitrogen and oxygen atoms in total. The monoisotopic (exact) mass is 219 g/mol. The fourth-order valence-corrected chi connectivity index (χ4v) is 1.33. The lowest BCUT2D eigenvalue weighted by molar-refractivity contribution is -0.114. The van der Waals surface area contributed by atoms with Gasteiger partial charge in [-0.3, -0.25) is 4.79 Å². The third-order valence-corrected chi connectivity index (χ3v) is 1.91. The van der Waals surface area contributed by atoms with Gasteiger partial charge < -0.3 is 10.4 Å². The Labute approximate surface area is 85.3 Å². The minimum atomic E-state index is -0.224. The van der Waals surface area contributed by atoms with E-state index < -0.39 is 0 Å². The second kappa shape index (κ2) is 3.85. The molecule has 0 radical (unpaired) electrons. The molecule has 2 N–H and O–H groups in total. The van der Waals surface area contributed by atoms with Crippen LogP contribution in [0.4, 0.5) is 5.69 Å². The number of carbonyl (C=O) groups excluding carboxylic acids is 1. The van der Waals surface area contributed by atoms with Gasteiger partial charge in [0.15, 0.2) is 5.75 Å². The van der Waals surface area contributed by atoms with E-state index >= 15 is 0 Å². The Morgan fingerprint density at radius 3 is 2.23 bits per heavy atom. The summed E-state index contributed by atoms with van der Waals surface area (Å²) in [4.78, 5) is 10.7. The topological polar surface area (TPSA) is 49.3 Å². The fourth-order valence-electron chi connectivity index (χ4n) is 0.841. The second-order valence-electron chi connectivity index (χ2n) is 2.47. The lowest BCUT2D eigenvalue weighted by Gasteiger charge is -2.05. The van der Waals surface area contributed by atoms with Crippen LogP contribution in [-0.2, 0) is 4.79 Å². The van der Waals surface area contributed by atoms with Gasteiger partial charge in [0.1, 0.15) is 0 Å². The number of phenols is 1. The Morgan fingerprint density at radius 2 is 1.85 bits per heavy atom. The van der Waals surface area contributed by atoms with E-state index in [0.717, 1.165) is 0 Å². The first-order valence-electron chi connectivity index (χ1n) is 3.46. The van der Waals surface area contributed by atoms with Crippen LogP contribution in [-0.4, -0.2) is 11.0 Å². The van der Waals surface area contributed by atoms with Crippen LogP contribution in [0.3, 0.4) is 0 Å². The quantitative estimate of drug-likeness (QED) is 0.714. The number of carbonyl (C=O) groups is 1. The summed E-state index contributed by atoms with van der Waals surface area (Å²) in [6.07, 6.45) is 0. The molecular formula is C8H7Cl2NO2. The molecule has 0 aliphatic rings. The normalized spacial score (nSPS) is 9.77. The largest absolute Gasteiger partial charge is 0.505 e. The van der Waals surface area contributed by atoms with Crippen LogP contribution in [0, 0.1) is 0 Å². The number of aromatic hydroxyl groups is 1. The summed E-state index contributed by atoms with van der Waals surface area (Å²) < 4.78 is 0. The molecule has 5 heteroatoms. The molecular weight excluding hydrogens is 213 g/mol. The van der Waals surface area contributed by atoms with E-state index in [-0.39, 0.29) is 21.7 Å². The molecule has 13 heavy (non-hydrogen) atoms. The summed E-state index contributed by atoms with van der Waals surface area (Å²) in [5, 5.41) is 11.9. The molecule has 0 bridgehead atoms. The third-order valence-electron chi connectivity index (χ3n) is 1.34. The molecule has 0 heterocycles. The summed E-state index contributed by atoms with van der Waals surface area (Å²) in [5.74, 6) is -0.407. The van der Waals surface area contributed by atoms with E-state index in [4.69, 9.17) is 23.2 Å². The fraction of sp³-hybridized carbons (Fsp3) is 0.125. The summed E-state index contributed by atoms with van der Waals surface area (Å²) >= 11 is 11.2. The molecule has 70 valence electrons. The van der Waals surface area contributed by atoms with Gasteiger partial charge in [0.2, 0.25) is 5.91 Å². The van der Waals surface area contributed by atoms with Crippen molar-refractivity contribution < 1.29 is 9.90 Å². The zero-order chi connectivity index (χ0) is 10.0. The van der Waals surface area contributed by atoms with Gasteiger partial charge in [0.25, 0.3) is 0 Å². The number of halogens is 2. The maximum absolute atomic E-state index is 10.7. The summed E-state index contributed by atoms with van der Waals surface area (Å²) in [5.41, 5.74) is 0.459. The molecule has 0 aliphatic heterocycles. The van der Waals surface area contributed by atoms with Gasteiger partial charge in [0, 0.05) is 12.6 Å². The summed E-state index contributed by atoms with van der Waals surface area (Å²) in [6, 6.07) is 2.84.